The molecule has 0 amide bonds. The number of fused-ring (bicyclic) bond motifs is 1. The van der Waals surface area contributed by atoms with Crippen molar-refractivity contribution < 1.29 is 4.74 Å². The molecule has 1 atom stereocenters. The van der Waals surface area contributed by atoms with Crippen LogP contribution in [0.25, 0.3) is 11.0 Å². The lowest BCUT2D eigenvalue weighted by Crippen LogP contribution is -2.18. The zero-order chi connectivity index (χ0) is 13.9. The quantitative estimate of drug-likeness (QED) is 0.676. The van der Waals surface area contributed by atoms with Gasteiger partial charge in [0.1, 0.15) is 12.4 Å². The molecule has 5 heteroatoms. The minimum atomic E-state index is -0.252. The van der Waals surface area contributed by atoms with E-state index in [1.165, 1.54) is 0 Å². The van der Waals surface area contributed by atoms with Crippen LogP contribution in [0.15, 0.2) is 53.3 Å². The number of H-pyrrole nitrogens is 2. The molecule has 0 fully saturated rings. The number of nitrogens with one attached hydrogen (secondary N) is 2. The topological polar surface area (TPSA) is 83.9 Å². The van der Waals surface area contributed by atoms with Crippen LogP contribution < -0.4 is 16.2 Å². The van der Waals surface area contributed by atoms with Crippen LogP contribution in [0.1, 0.15) is 11.6 Å². The Balaban J connectivity index is 1.74. The van der Waals surface area contributed by atoms with Gasteiger partial charge >= 0.3 is 5.69 Å². The first-order valence-electron chi connectivity index (χ1n) is 6.38. The summed E-state index contributed by atoms with van der Waals surface area (Å²) in [5.41, 5.74) is 8.34. The summed E-state index contributed by atoms with van der Waals surface area (Å²) in [6.45, 7) is 0.379. The molecule has 0 radical (unpaired) electrons. The van der Waals surface area contributed by atoms with Crippen molar-refractivity contribution in [3.63, 3.8) is 0 Å². The third kappa shape index (κ3) is 2.57. The lowest BCUT2D eigenvalue weighted by molar-refractivity contribution is 0.291. The predicted molar refractivity (Wildman–Crippen MR) is 77.8 cm³/mol. The van der Waals surface area contributed by atoms with Gasteiger partial charge in [-0.15, -0.1) is 0 Å². The lowest BCUT2D eigenvalue weighted by atomic mass is 10.1. The number of hydrogen-bond donors (Lipinski definition) is 3. The minimum Gasteiger partial charge on any atom is -0.492 e. The molecule has 0 spiro atoms. The van der Waals surface area contributed by atoms with E-state index in [2.05, 4.69) is 9.97 Å². The molecule has 3 aromatic rings. The summed E-state index contributed by atoms with van der Waals surface area (Å²) in [7, 11) is 0. The van der Waals surface area contributed by atoms with Crippen molar-refractivity contribution in [3.05, 3.63) is 64.6 Å². The number of nitrogens with two attached hydrogens (primary N) is 1. The van der Waals surface area contributed by atoms with Crippen LogP contribution in [0.5, 0.6) is 5.75 Å². The van der Waals surface area contributed by atoms with Crippen molar-refractivity contribution in [2.24, 2.45) is 5.73 Å². The summed E-state index contributed by atoms with van der Waals surface area (Å²) in [5.74, 6) is 0.791. The third-order valence-corrected chi connectivity index (χ3v) is 3.14. The lowest BCUT2D eigenvalue weighted by Gasteiger charge is -2.13. The molecular formula is C15H15N3O2. The molecule has 2 aromatic carbocycles. The number of rotatable bonds is 4. The zero-order valence-electron chi connectivity index (χ0n) is 10.8. The van der Waals surface area contributed by atoms with Crippen molar-refractivity contribution in [3.8, 4) is 5.75 Å². The van der Waals surface area contributed by atoms with Gasteiger partial charge in [-0.1, -0.05) is 24.3 Å². The van der Waals surface area contributed by atoms with Gasteiger partial charge < -0.3 is 20.4 Å². The van der Waals surface area contributed by atoms with Crippen molar-refractivity contribution in [1.82, 2.24) is 9.97 Å². The number of hydrogen-bond acceptors (Lipinski definition) is 3. The van der Waals surface area contributed by atoms with Crippen LogP contribution >= 0.6 is 0 Å². The molecule has 0 aliphatic heterocycles. The molecule has 0 bridgehead atoms. The normalized spacial score (nSPS) is 12.4. The average molecular weight is 269 g/mol. The van der Waals surface area contributed by atoms with Crippen LogP contribution in [0.2, 0.25) is 0 Å². The van der Waals surface area contributed by atoms with E-state index >= 15 is 0 Å². The van der Waals surface area contributed by atoms with E-state index in [0.717, 1.165) is 22.3 Å². The van der Waals surface area contributed by atoms with Crippen molar-refractivity contribution in [2.45, 2.75) is 6.04 Å². The fourth-order valence-electron chi connectivity index (χ4n) is 2.08. The van der Waals surface area contributed by atoms with Gasteiger partial charge in [0.15, 0.2) is 0 Å². The monoisotopic (exact) mass is 269 g/mol. The Bertz CT molecular complexity index is 761. The summed E-state index contributed by atoms with van der Waals surface area (Å²) < 4.78 is 5.63. The van der Waals surface area contributed by atoms with Gasteiger partial charge in [0.25, 0.3) is 0 Å². The average Bonchev–Trinajstić information content (AvgIpc) is 2.85. The number of benzene rings is 2. The van der Waals surface area contributed by atoms with Crippen LogP contribution in [0.4, 0.5) is 0 Å². The molecule has 5 nitrogen and oxygen atoms in total. The van der Waals surface area contributed by atoms with Crippen LogP contribution in [-0.2, 0) is 0 Å². The SMILES string of the molecule is NC(COc1ccccc1)c1ccc2[nH]c(=O)[nH]c2c1. The second-order valence-corrected chi connectivity index (χ2v) is 4.61. The highest BCUT2D eigenvalue weighted by molar-refractivity contribution is 5.75. The molecular weight excluding hydrogens is 254 g/mol. The highest BCUT2D eigenvalue weighted by Crippen LogP contribution is 2.17. The van der Waals surface area contributed by atoms with E-state index in [4.69, 9.17) is 10.5 Å². The van der Waals surface area contributed by atoms with Crippen molar-refractivity contribution in [2.75, 3.05) is 6.61 Å². The van der Waals surface area contributed by atoms with Gasteiger partial charge in [-0.05, 0) is 29.8 Å². The van der Waals surface area contributed by atoms with E-state index in [0.29, 0.717) is 6.61 Å². The third-order valence-electron chi connectivity index (χ3n) is 3.14. The standard InChI is InChI=1S/C15H15N3O2/c16-12(9-20-11-4-2-1-3-5-11)10-6-7-13-14(8-10)18-15(19)17-13/h1-8,12H,9,16H2,(H2,17,18,19). The molecule has 0 saturated carbocycles. The molecule has 1 aromatic heterocycles. The molecule has 4 N–H and O–H groups in total. The number of ether oxygens (including phenoxy) is 1. The Morgan fingerprint density at radius 2 is 1.80 bits per heavy atom. The Morgan fingerprint density at radius 1 is 1.05 bits per heavy atom. The fourth-order valence-corrected chi connectivity index (χ4v) is 2.08. The van der Waals surface area contributed by atoms with E-state index in [-0.39, 0.29) is 11.7 Å². The summed E-state index contributed by atoms with van der Waals surface area (Å²) in [4.78, 5) is 16.6. The number of aromatic nitrogens is 2. The molecule has 1 heterocycles. The summed E-state index contributed by atoms with van der Waals surface area (Å²) >= 11 is 0. The Labute approximate surface area is 115 Å². The molecule has 20 heavy (non-hydrogen) atoms. The molecule has 0 aliphatic carbocycles. The maximum Gasteiger partial charge on any atom is 0.323 e. The van der Waals surface area contributed by atoms with E-state index in [1.54, 1.807) is 0 Å². The number of imidazole rings is 1. The second kappa shape index (κ2) is 5.22. The molecule has 3 rings (SSSR count). The van der Waals surface area contributed by atoms with E-state index < -0.39 is 0 Å². The smallest absolute Gasteiger partial charge is 0.323 e. The van der Waals surface area contributed by atoms with Gasteiger partial charge in [0.05, 0.1) is 17.1 Å². The maximum absolute atomic E-state index is 11.2. The van der Waals surface area contributed by atoms with Crippen molar-refractivity contribution >= 4 is 11.0 Å². The first-order chi connectivity index (χ1) is 9.72. The first kappa shape index (κ1) is 12.5. The minimum absolute atomic E-state index is 0.216. The number of aromatic amines is 2. The van der Waals surface area contributed by atoms with Crippen LogP contribution in [-0.4, -0.2) is 16.6 Å². The first-order valence-corrected chi connectivity index (χ1v) is 6.38. The van der Waals surface area contributed by atoms with Gasteiger partial charge in [-0.2, -0.15) is 0 Å². The highest BCUT2D eigenvalue weighted by Gasteiger charge is 2.09. The number of para-hydroxylation sites is 1. The van der Waals surface area contributed by atoms with Gasteiger partial charge in [0, 0.05) is 0 Å². The van der Waals surface area contributed by atoms with E-state index in [1.807, 2.05) is 48.5 Å². The maximum atomic E-state index is 11.2. The highest BCUT2D eigenvalue weighted by atomic mass is 16.5. The summed E-state index contributed by atoms with van der Waals surface area (Å²) in [5, 5.41) is 0. The zero-order valence-corrected chi connectivity index (χ0v) is 10.8. The van der Waals surface area contributed by atoms with Crippen LogP contribution in [0, 0.1) is 0 Å². The molecule has 0 aliphatic rings. The molecule has 102 valence electrons. The Kier molecular flexibility index (Phi) is 3.26. The van der Waals surface area contributed by atoms with E-state index in [9.17, 15) is 4.79 Å². The Hall–Kier alpha value is -2.53. The second-order valence-electron chi connectivity index (χ2n) is 4.61. The van der Waals surface area contributed by atoms with Crippen LogP contribution in [0.3, 0.4) is 0 Å². The van der Waals surface area contributed by atoms with Gasteiger partial charge in [-0.25, -0.2) is 4.79 Å². The molecule has 1 unspecified atom stereocenters. The molecule has 0 saturated heterocycles. The van der Waals surface area contributed by atoms with Gasteiger partial charge in [-0.3, -0.25) is 0 Å². The van der Waals surface area contributed by atoms with Crippen molar-refractivity contribution in [1.29, 1.82) is 0 Å². The fraction of sp³-hybridized carbons (Fsp3) is 0.133. The summed E-state index contributed by atoms with van der Waals surface area (Å²) in [6.07, 6.45) is 0. The summed E-state index contributed by atoms with van der Waals surface area (Å²) in [6, 6.07) is 14.9. The Morgan fingerprint density at radius 3 is 2.60 bits per heavy atom. The van der Waals surface area contributed by atoms with Gasteiger partial charge in [0.2, 0.25) is 0 Å². The largest absolute Gasteiger partial charge is 0.492 e. The predicted octanol–water partition coefficient (Wildman–Crippen LogP) is 1.94.